The van der Waals surface area contributed by atoms with Crippen molar-refractivity contribution in [1.82, 2.24) is 4.98 Å². The van der Waals surface area contributed by atoms with E-state index in [0.717, 1.165) is 30.7 Å². The fraction of sp³-hybridized carbons (Fsp3) is 0.600. The topological polar surface area (TPSA) is 51.0 Å². The van der Waals surface area contributed by atoms with Crippen molar-refractivity contribution in [2.75, 3.05) is 13.2 Å². The Morgan fingerprint density at radius 2 is 1.71 bits per heavy atom. The third kappa shape index (κ3) is 6.74. The SMILES string of the molecule is CCCCCCCCCCOc1ccc2[nH]cc(CCN)c2c1.Cl. The minimum absolute atomic E-state index is 0. The molecule has 0 spiro atoms. The van der Waals surface area contributed by atoms with E-state index in [9.17, 15) is 0 Å². The van der Waals surface area contributed by atoms with Gasteiger partial charge in [0, 0.05) is 17.1 Å². The maximum Gasteiger partial charge on any atom is 0.120 e. The molecular weight excluding hydrogens is 320 g/mol. The van der Waals surface area contributed by atoms with Crippen LogP contribution < -0.4 is 10.5 Å². The fourth-order valence-electron chi connectivity index (χ4n) is 3.04. The van der Waals surface area contributed by atoms with Crippen LogP contribution in [-0.4, -0.2) is 18.1 Å². The van der Waals surface area contributed by atoms with Gasteiger partial charge >= 0.3 is 0 Å². The Hall–Kier alpha value is -1.19. The number of hydrogen-bond donors (Lipinski definition) is 2. The predicted octanol–water partition coefficient (Wildman–Crippen LogP) is 5.61. The first kappa shape index (κ1) is 20.9. The van der Waals surface area contributed by atoms with Crippen molar-refractivity contribution in [3.63, 3.8) is 0 Å². The summed E-state index contributed by atoms with van der Waals surface area (Å²) in [6.45, 7) is 3.76. The Kier molecular flexibility index (Phi) is 10.6. The maximum absolute atomic E-state index is 5.92. The Labute approximate surface area is 152 Å². The van der Waals surface area contributed by atoms with Gasteiger partial charge in [-0.05, 0) is 43.1 Å². The number of benzene rings is 1. The third-order valence-corrected chi connectivity index (χ3v) is 4.42. The smallest absolute Gasteiger partial charge is 0.120 e. The molecule has 1 heterocycles. The lowest BCUT2D eigenvalue weighted by atomic mass is 10.1. The summed E-state index contributed by atoms with van der Waals surface area (Å²) in [6.07, 6.45) is 13.6. The molecule has 0 saturated heterocycles. The van der Waals surface area contributed by atoms with Gasteiger partial charge < -0.3 is 15.5 Å². The minimum Gasteiger partial charge on any atom is -0.494 e. The van der Waals surface area contributed by atoms with Crippen LogP contribution in [0.3, 0.4) is 0 Å². The summed E-state index contributed by atoms with van der Waals surface area (Å²) >= 11 is 0. The highest BCUT2D eigenvalue weighted by Crippen LogP contribution is 2.24. The molecular formula is C20H33ClN2O. The van der Waals surface area contributed by atoms with Crippen LogP contribution in [0.1, 0.15) is 63.9 Å². The summed E-state index contributed by atoms with van der Waals surface area (Å²) in [4.78, 5) is 3.29. The number of aromatic nitrogens is 1. The van der Waals surface area contributed by atoms with Crippen molar-refractivity contribution in [1.29, 1.82) is 0 Å². The normalized spacial score (nSPS) is 10.8. The number of rotatable bonds is 12. The van der Waals surface area contributed by atoms with E-state index in [1.54, 1.807) is 0 Å². The van der Waals surface area contributed by atoms with Crippen LogP contribution in [-0.2, 0) is 6.42 Å². The molecule has 3 nitrogen and oxygen atoms in total. The molecule has 0 fully saturated rings. The second-order valence-electron chi connectivity index (χ2n) is 6.38. The number of nitrogens with one attached hydrogen (secondary N) is 1. The lowest BCUT2D eigenvalue weighted by Crippen LogP contribution is -2.02. The molecule has 1 aromatic carbocycles. The fourth-order valence-corrected chi connectivity index (χ4v) is 3.04. The van der Waals surface area contributed by atoms with Crippen molar-refractivity contribution in [2.45, 2.75) is 64.7 Å². The summed E-state index contributed by atoms with van der Waals surface area (Å²) in [5.74, 6) is 0.971. The number of hydrogen-bond acceptors (Lipinski definition) is 2. The van der Waals surface area contributed by atoms with Crippen molar-refractivity contribution in [3.8, 4) is 5.75 Å². The van der Waals surface area contributed by atoms with E-state index in [2.05, 4.69) is 36.3 Å². The van der Waals surface area contributed by atoms with E-state index >= 15 is 0 Å². The van der Waals surface area contributed by atoms with Crippen molar-refractivity contribution in [3.05, 3.63) is 30.0 Å². The van der Waals surface area contributed by atoms with Crippen molar-refractivity contribution in [2.24, 2.45) is 5.73 Å². The van der Waals surface area contributed by atoms with E-state index in [4.69, 9.17) is 10.5 Å². The van der Waals surface area contributed by atoms with Gasteiger partial charge in [-0.3, -0.25) is 0 Å². The van der Waals surface area contributed by atoms with Gasteiger partial charge in [-0.25, -0.2) is 0 Å². The van der Waals surface area contributed by atoms with E-state index in [1.807, 2.05) is 0 Å². The molecule has 0 aliphatic rings. The summed E-state index contributed by atoms with van der Waals surface area (Å²) in [7, 11) is 0. The second-order valence-corrected chi connectivity index (χ2v) is 6.38. The molecule has 0 amide bonds. The van der Waals surface area contributed by atoms with Crippen LogP contribution in [0, 0.1) is 0 Å². The number of fused-ring (bicyclic) bond motifs is 1. The lowest BCUT2D eigenvalue weighted by Gasteiger charge is -2.07. The Morgan fingerprint density at radius 1 is 1.00 bits per heavy atom. The molecule has 0 saturated carbocycles. The Balaban J connectivity index is 0.00000288. The second kappa shape index (κ2) is 12.2. The zero-order valence-corrected chi connectivity index (χ0v) is 15.8. The first-order valence-electron chi connectivity index (χ1n) is 9.28. The van der Waals surface area contributed by atoms with Gasteiger partial charge in [0.05, 0.1) is 6.61 Å². The van der Waals surface area contributed by atoms with Crippen LogP contribution in [0.5, 0.6) is 5.75 Å². The van der Waals surface area contributed by atoms with E-state index in [-0.39, 0.29) is 12.4 Å². The highest BCUT2D eigenvalue weighted by molar-refractivity contribution is 5.85. The molecule has 2 rings (SSSR count). The van der Waals surface area contributed by atoms with Gasteiger partial charge in [-0.15, -0.1) is 12.4 Å². The number of unbranched alkanes of at least 4 members (excludes halogenated alkanes) is 7. The molecule has 2 aromatic rings. The summed E-state index contributed by atoms with van der Waals surface area (Å²) < 4.78 is 5.92. The zero-order chi connectivity index (χ0) is 16.3. The van der Waals surface area contributed by atoms with Gasteiger partial charge in [-0.1, -0.05) is 51.9 Å². The van der Waals surface area contributed by atoms with E-state index < -0.39 is 0 Å². The number of H-pyrrole nitrogens is 1. The molecule has 1 aromatic heterocycles. The monoisotopic (exact) mass is 352 g/mol. The van der Waals surface area contributed by atoms with Crippen molar-refractivity contribution >= 4 is 23.3 Å². The average Bonchev–Trinajstić information content (AvgIpc) is 2.96. The zero-order valence-electron chi connectivity index (χ0n) is 15.0. The van der Waals surface area contributed by atoms with E-state index in [1.165, 1.54) is 55.9 Å². The molecule has 3 N–H and O–H groups in total. The molecule has 0 bridgehead atoms. The molecule has 4 heteroatoms. The van der Waals surface area contributed by atoms with Crippen LogP contribution >= 0.6 is 12.4 Å². The standard InChI is InChI=1S/C20H32N2O.ClH/c1-2-3-4-5-6-7-8-9-14-23-18-10-11-20-19(15-18)17(12-13-21)16-22-20;/h10-11,15-16,22H,2-9,12-14,21H2,1H3;1H. The Morgan fingerprint density at radius 3 is 2.42 bits per heavy atom. The molecule has 0 atom stereocenters. The number of halogens is 1. The van der Waals surface area contributed by atoms with Gasteiger partial charge in [0.2, 0.25) is 0 Å². The molecule has 0 unspecified atom stereocenters. The number of nitrogens with two attached hydrogens (primary N) is 1. The Bertz CT molecular complexity index is 568. The number of ether oxygens (including phenoxy) is 1. The molecule has 0 aliphatic heterocycles. The average molecular weight is 353 g/mol. The van der Waals surface area contributed by atoms with Crippen LogP contribution in [0.2, 0.25) is 0 Å². The highest BCUT2D eigenvalue weighted by Gasteiger charge is 2.04. The predicted molar refractivity (Wildman–Crippen MR) is 106 cm³/mol. The first-order valence-corrected chi connectivity index (χ1v) is 9.28. The minimum atomic E-state index is 0. The van der Waals surface area contributed by atoms with Crippen molar-refractivity contribution < 1.29 is 4.74 Å². The van der Waals surface area contributed by atoms with Crippen LogP contribution in [0.4, 0.5) is 0 Å². The van der Waals surface area contributed by atoms with Gasteiger partial charge in [0.25, 0.3) is 0 Å². The summed E-state index contributed by atoms with van der Waals surface area (Å²) in [6, 6.07) is 6.29. The first-order chi connectivity index (χ1) is 11.3. The van der Waals surface area contributed by atoms with Crippen LogP contribution in [0.15, 0.2) is 24.4 Å². The quantitative estimate of drug-likeness (QED) is 0.488. The molecule has 0 aliphatic carbocycles. The summed E-state index contributed by atoms with van der Waals surface area (Å²) in [5, 5.41) is 1.24. The molecule has 24 heavy (non-hydrogen) atoms. The van der Waals surface area contributed by atoms with Gasteiger partial charge in [0.15, 0.2) is 0 Å². The largest absolute Gasteiger partial charge is 0.494 e. The molecule has 0 radical (unpaired) electrons. The highest BCUT2D eigenvalue weighted by atomic mass is 35.5. The third-order valence-electron chi connectivity index (χ3n) is 4.42. The molecule has 136 valence electrons. The van der Waals surface area contributed by atoms with Gasteiger partial charge in [0.1, 0.15) is 5.75 Å². The van der Waals surface area contributed by atoms with Gasteiger partial charge in [-0.2, -0.15) is 0 Å². The van der Waals surface area contributed by atoms with E-state index in [0.29, 0.717) is 6.54 Å². The lowest BCUT2D eigenvalue weighted by molar-refractivity contribution is 0.304. The maximum atomic E-state index is 5.92. The van der Waals surface area contributed by atoms with Crippen LogP contribution in [0.25, 0.3) is 10.9 Å². The number of aromatic amines is 1. The summed E-state index contributed by atoms with van der Waals surface area (Å²) in [5.41, 5.74) is 8.11.